The summed E-state index contributed by atoms with van der Waals surface area (Å²) >= 11 is 0. The van der Waals surface area contributed by atoms with Crippen molar-refractivity contribution in [2.75, 3.05) is 20.8 Å². The van der Waals surface area contributed by atoms with Crippen LogP contribution in [0.4, 0.5) is 44.3 Å². The molecule has 1 amide bonds. The van der Waals surface area contributed by atoms with Crippen LogP contribution in [0, 0.1) is 22.9 Å². The summed E-state index contributed by atoms with van der Waals surface area (Å²) in [5.74, 6) is -5.14. The highest BCUT2D eigenvalue weighted by Gasteiger charge is 2.44. The van der Waals surface area contributed by atoms with E-state index in [0.29, 0.717) is 42.5 Å². The number of cyclic esters (lactones) is 1. The maximum absolute atomic E-state index is 15.5. The fourth-order valence-electron chi connectivity index (χ4n) is 6.59. The molecule has 1 fully saturated rings. The van der Waals surface area contributed by atoms with Gasteiger partial charge in [0.1, 0.15) is 17.7 Å². The van der Waals surface area contributed by atoms with Crippen molar-refractivity contribution in [1.82, 2.24) is 4.90 Å². The van der Waals surface area contributed by atoms with Crippen LogP contribution in [0.15, 0.2) is 48.0 Å². The summed E-state index contributed by atoms with van der Waals surface area (Å²) in [5, 5.41) is 0. The molecule has 0 spiro atoms. The molecular weight excluding hydrogens is 697 g/mol. The average molecular weight is 730 g/mol. The normalized spacial score (nSPS) is 19.3. The molecule has 1 saturated heterocycles. The first-order valence-corrected chi connectivity index (χ1v) is 15.6. The molecule has 0 radical (unpaired) electrons. The van der Waals surface area contributed by atoms with E-state index in [4.69, 9.17) is 9.47 Å². The van der Waals surface area contributed by atoms with Gasteiger partial charge in [-0.25, -0.2) is 22.8 Å². The first-order valence-electron chi connectivity index (χ1n) is 15.6. The second-order valence-electron chi connectivity index (χ2n) is 13.2. The van der Waals surface area contributed by atoms with Crippen molar-refractivity contribution in [2.24, 2.45) is 5.41 Å². The van der Waals surface area contributed by atoms with Crippen molar-refractivity contribution in [3.63, 3.8) is 0 Å². The van der Waals surface area contributed by atoms with Crippen LogP contribution in [0.3, 0.4) is 0 Å². The van der Waals surface area contributed by atoms with Gasteiger partial charge in [-0.1, -0.05) is 19.9 Å². The Balaban J connectivity index is 1.59. The third-order valence-corrected chi connectivity index (χ3v) is 9.25. The number of rotatable bonds is 7. The number of alkyl halides is 6. The Morgan fingerprint density at radius 2 is 1.53 bits per heavy atom. The van der Waals surface area contributed by atoms with Gasteiger partial charge in [0.2, 0.25) is 0 Å². The van der Waals surface area contributed by atoms with E-state index in [0.717, 1.165) is 25.3 Å². The zero-order chi connectivity index (χ0) is 37.8. The fraction of sp³-hybridized carbons (Fsp3) is 0.389. The molecule has 0 unspecified atom stereocenters. The lowest BCUT2D eigenvalue weighted by Crippen LogP contribution is -2.35. The first kappa shape index (κ1) is 37.6. The Morgan fingerprint density at radius 3 is 2.10 bits per heavy atom. The number of amides is 1. The van der Waals surface area contributed by atoms with Crippen LogP contribution in [0.5, 0.6) is 5.75 Å². The maximum Gasteiger partial charge on any atom is 0.416 e. The third kappa shape index (κ3) is 7.38. The van der Waals surface area contributed by atoms with E-state index in [9.17, 15) is 40.3 Å². The summed E-state index contributed by atoms with van der Waals surface area (Å²) in [7, 11) is 2.25. The minimum atomic E-state index is -5.11. The Kier molecular flexibility index (Phi) is 9.91. The van der Waals surface area contributed by atoms with Crippen molar-refractivity contribution in [2.45, 2.75) is 64.5 Å². The number of hydrogen-bond donors (Lipinski definition) is 0. The summed E-state index contributed by atoms with van der Waals surface area (Å²) in [5.41, 5.74) is -4.07. The summed E-state index contributed by atoms with van der Waals surface area (Å²) in [6, 6.07) is 4.22. The van der Waals surface area contributed by atoms with Crippen molar-refractivity contribution in [3.05, 3.63) is 93.3 Å². The number of carbonyl (C=O) groups is 2. The second-order valence-corrected chi connectivity index (χ2v) is 13.2. The zero-order valence-corrected chi connectivity index (χ0v) is 27.9. The van der Waals surface area contributed by atoms with Crippen molar-refractivity contribution < 1.29 is 63.3 Å². The second kappa shape index (κ2) is 13.5. The van der Waals surface area contributed by atoms with Crippen LogP contribution in [0.1, 0.15) is 78.7 Å². The van der Waals surface area contributed by atoms with Gasteiger partial charge in [-0.15, -0.1) is 0 Å². The van der Waals surface area contributed by atoms with Crippen molar-refractivity contribution in [3.8, 4) is 16.9 Å². The SMILES string of the molecule is COC(=O)c1ccc(-c2cc(C3=C(CN4C(=O)O[C@H](c5cc(C(F)(F)F)cc(C(F)(F)F)c5)[C@@H]4C)CC(C)(C)CC3)c(OC)cc2F)c(F)c1F. The highest BCUT2D eigenvalue weighted by atomic mass is 19.4. The molecule has 51 heavy (non-hydrogen) atoms. The predicted molar refractivity (Wildman–Crippen MR) is 166 cm³/mol. The Labute approximate surface area is 286 Å². The third-order valence-electron chi connectivity index (χ3n) is 9.25. The summed E-state index contributed by atoms with van der Waals surface area (Å²) in [4.78, 5) is 26.3. The molecule has 6 nitrogen and oxygen atoms in total. The van der Waals surface area contributed by atoms with E-state index in [1.807, 2.05) is 13.8 Å². The number of hydrogen-bond acceptors (Lipinski definition) is 5. The molecular formula is C36H32F9NO5. The van der Waals surface area contributed by atoms with Gasteiger partial charge >= 0.3 is 24.4 Å². The summed E-state index contributed by atoms with van der Waals surface area (Å²) in [6.07, 6.45) is -11.4. The first-order chi connectivity index (χ1) is 23.7. The van der Waals surface area contributed by atoms with Crippen LogP contribution in [0.2, 0.25) is 0 Å². The van der Waals surface area contributed by atoms with Crippen LogP contribution in [0.25, 0.3) is 16.7 Å². The fourth-order valence-corrected chi connectivity index (χ4v) is 6.59. The lowest BCUT2D eigenvalue weighted by Gasteiger charge is -2.36. The summed E-state index contributed by atoms with van der Waals surface area (Å²) in [6.45, 7) is 5.16. The molecule has 3 aromatic carbocycles. The predicted octanol–water partition coefficient (Wildman–Crippen LogP) is 10.1. The quantitative estimate of drug-likeness (QED) is 0.179. The Bertz CT molecular complexity index is 1880. The van der Waals surface area contributed by atoms with Gasteiger partial charge in [-0.2, -0.15) is 26.3 Å². The molecule has 1 heterocycles. The molecule has 0 bridgehead atoms. The smallest absolute Gasteiger partial charge is 0.416 e. The van der Waals surface area contributed by atoms with E-state index in [1.54, 1.807) is 0 Å². The van der Waals surface area contributed by atoms with Gasteiger partial charge in [-0.3, -0.25) is 4.90 Å². The molecule has 1 aliphatic heterocycles. The van der Waals surface area contributed by atoms with E-state index < -0.39 is 81.8 Å². The zero-order valence-electron chi connectivity index (χ0n) is 27.9. The minimum absolute atomic E-state index is 0.0119. The lowest BCUT2D eigenvalue weighted by atomic mass is 9.72. The molecule has 3 aromatic rings. The van der Waals surface area contributed by atoms with Crippen LogP contribution < -0.4 is 4.74 Å². The van der Waals surface area contributed by atoms with Gasteiger partial charge in [-0.05, 0) is 78.6 Å². The lowest BCUT2D eigenvalue weighted by molar-refractivity contribution is -0.143. The molecule has 0 N–H and O–H groups in total. The maximum atomic E-state index is 15.5. The molecule has 1 aliphatic carbocycles. The number of esters is 1. The number of halogens is 9. The van der Waals surface area contributed by atoms with Gasteiger partial charge in [0.05, 0.1) is 37.0 Å². The highest BCUT2D eigenvalue weighted by molar-refractivity contribution is 5.90. The number of allylic oxidation sites excluding steroid dienone is 1. The number of nitrogens with zero attached hydrogens (tertiary/aromatic N) is 1. The standard InChI is InChI=1S/C36H32F9NO5/c1-17-31(18-10-20(35(40,41)42)12-21(11-18)36(43,44)45)51-33(48)46(17)16-19-15-34(2,3)9-8-22(19)26-13-25(27(37)14-28(26)49-4)23-6-7-24(32(47)50-5)30(39)29(23)38/h6-7,10-14,17,31H,8-9,15-16H2,1-5H3/t17-,31-/m0/s1. The number of carbonyl (C=O) groups excluding carboxylic acids is 2. The van der Waals surface area contributed by atoms with Crippen molar-refractivity contribution in [1.29, 1.82) is 0 Å². The molecule has 0 saturated carbocycles. The van der Waals surface area contributed by atoms with E-state index in [1.165, 1.54) is 25.0 Å². The van der Waals surface area contributed by atoms with Gasteiger partial charge in [0.25, 0.3) is 0 Å². The van der Waals surface area contributed by atoms with Gasteiger partial charge in [0.15, 0.2) is 11.6 Å². The molecule has 2 atom stereocenters. The van der Waals surface area contributed by atoms with E-state index in [2.05, 4.69) is 4.74 Å². The number of ether oxygens (including phenoxy) is 3. The molecule has 5 rings (SSSR count). The largest absolute Gasteiger partial charge is 0.496 e. The topological polar surface area (TPSA) is 65.1 Å². The van der Waals surface area contributed by atoms with E-state index in [-0.39, 0.29) is 34.9 Å². The molecule has 274 valence electrons. The van der Waals surface area contributed by atoms with Gasteiger partial charge < -0.3 is 14.2 Å². The van der Waals surface area contributed by atoms with Crippen LogP contribution in [-0.4, -0.2) is 43.8 Å². The highest BCUT2D eigenvalue weighted by Crippen LogP contribution is 2.48. The minimum Gasteiger partial charge on any atom is -0.496 e. The average Bonchev–Trinajstić information content (AvgIpc) is 3.33. The Morgan fingerprint density at radius 1 is 0.902 bits per heavy atom. The molecule has 2 aliphatic rings. The molecule has 15 heteroatoms. The van der Waals surface area contributed by atoms with Crippen LogP contribution in [-0.2, 0) is 21.8 Å². The van der Waals surface area contributed by atoms with Gasteiger partial charge in [0, 0.05) is 29.3 Å². The monoisotopic (exact) mass is 729 g/mol. The summed E-state index contributed by atoms with van der Waals surface area (Å²) < 4.78 is 143. The number of methoxy groups -OCH3 is 2. The molecule has 0 aromatic heterocycles. The van der Waals surface area contributed by atoms with Crippen LogP contribution >= 0.6 is 0 Å². The number of benzene rings is 3. The van der Waals surface area contributed by atoms with E-state index >= 15 is 8.78 Å². The van der Waals surface area contributed by atoms with Crippen molar-refractivity contribution >= 4 is 17.6 Å². The Hall–Kier alpha value is -4.69.